The zero-order chi connectivity index (χ0) is 24.1. The SMILES string of the molecule is O=C(C[C@H]1CCCC[C@H]1NC(=O)OCC1c2ccccc2-c2ccccc21)NCC(O)C(=O)O. The summed E-state index contributed by atoms with van der Waals surface area (Å²) < 4.78 is 5.65. The molecule has 0 aliphatic heterocycles. The van der Waals surface area contributed by atoms with E-state index in [0.29, 0.717) is 0 Å². The van der Waals surface area contributed by atoms with Crippen LogP contribution in [0.2, 0.25) is 0 Å². The Hall–Kier alpha value is -3.39. The molecular formula is C26H30N2O6. The molecule has 0 spiro atoms. The summed E-state index contributed by atoms with van der Waals surface area (Å²) in [6, 6.07) is 16.1. The first-order chi connectivity index (χ1) is 16.4. The molecule has 34 heavy (non-hydrogen) atoms. The third-order valence-corrected chi connectivity index (χ3v) is 6.78. The number of ether oxygens (including phenoxy) is 1. The normalized spacial score (nSPS) is 20.0. The highest BCUT2D eigenvalue weighted by molar-refractivity contribution is 5.79. The number of carboxylic acid groups (broad SMARTS) is 1. The second kappa shape index (κ2) is 10.7. The first-order valence-corrected chi connectivity index (χ1v) is 11.7. The summed E-state index contributed by atoms with van der Waals surface area (Å²) in [4.78, 5) is 35.6. The molecule has 4 rings (SSSR count). The zero-order valence-corrected chi connectivity index (χ0v) is 18.9. The van der Waals surface area contributed by atoms with Gasteiger partial charge in [-0.2, -0.15) is 0 Å². The van der Waals surface area contributed by atoms with E-state index < -0.39 is 18.2 Å². The van der Waals surface area contributed by atoms with E-state index in [1.165, 1.54) is 11.1 Å². The second-order valence-electron chi connectivity index (χ2n) is 8.98. The Labute approximate surface area is 198 Å². The van der Waals surface area contributed by atoms with Gasteiger partial charge in [-0.05, 0) is 41.0 Å². The van der Waals surface area contributed by atoms with E-state index in [2.05, 4.69) is 34.9 Å². The number of hydrogen-bond acceptors (Lipinski definition) is 5. The van der Waals surface area contributed by atoms with Gasteiger partial charge < -0.3 is 25.6 Å². The number of hydrogen-bond donors (Lipinski definition) is 4. The van der Waals surface area contributed by atoms with E-state index >= 15 is 0 Å². The van der Waals surface area contributed by atoms with Crippen molar-refractivity contribution in [3.63, 3.8) is 0 Å². The Balaban J connectivity index is 1.32. The fourth-order valence-electron chi connectivity index (χ4n) is 5.04. The van der Waals surface area contributed by atoms with Crippen LogP contribution < -0.4 is 10.6 Å². The van der Waals surface area contributed by atoms with Gasteiger partial charge in [0, 0.05) is 18.4 Å². The number of fused-ring (bicyclic) bond motifs is 3. The summed E-state index contributed by atoms with van der Waals surface area (Å²) in [6.45, 7) is -0.115. The lowest BCUT2D eigenvalue weighted by Gasteiger charge is -2.31. The average Bonchev–Trinajstić information content (AvgIpc) is 3.16. The molecule has 0 bridgehead atoms. The number of carboxylic acids is 1. The van der Waals surface area contributed by atoms with Gasteiger partial charge in [0.05, 0.1) is 6.54 Å². The second-order valence-corrected chi connectivity index (χ2v) is 8.98. The Morgan fingerprint density at radius 1 is 0.971 bits per heavy atom. The number of rotatable bonds is 8. The first-order valence-electron chi connectivity index (χ1n) is 11.7. The standard InChI is InChI=1S/C26H30N2O6/c29-23(25(31)32)14-27-24(30)13-16-7-1-6-12-22(16)28-26(33)34-15-21-19-10-4-2-8-17(19)18-9-3-5-11-20(18)21/h2-5,8-11,16,21-23,29H,1,6-7,12-15H2,(H,27,30)(H,28,33)(H,31,32)/t16-,22-,23?/m1/s1. The quantitative estimate of drug-likeness (QED) is 0.474. The minimum Gasteiger partial charge on any atom is -0.479 e. The molecule has 8 nitrogen and oxygen atoms in total. The van der Waals surface area contributed by atoms with Crippen LogP contribution in [0.5, 0.6) is 0 Å². The van der Waals surface area contributed by atoms with E-state index in [1.54, 1.807) is 0 Å². The van der Waals surface area contributed by atoms with Gasteiger partial charge in [-0.3, -0.25) is 4.79 Å². The molecule has 8 heteroatoms. The van der Waals surface area contributed by atoms with Crippen molar-refractivity contribution in [3.8, 4) is 11.1 Å². The molecule has 1 saturated carbocycles. The molecule has 0 radical (unpaired) electrons. The van der Waals surface area contributed by atoms with Crippen LogP contribution in [0.4, 0.5) is 4.79 Å². The highest BCUT2D eigenvalue weighted by atomic mass is 16.5. The molecule has 0 aromatic heterocycles. The van der Waals surface area contributed by atoms with Gasteiger partial charge in [0.25, 0.3) is 0 Å². The number of carbonyl (C=O) groups excluding carboxylic acids is 2. The van der Waals surface area contributed by atoms with Gasteiger partial charge in [0.2, 0.25) is 5.91 Å². The van der Waals surface area contributed by atoms with Gasteiger partial charge in [-0.1, -0.05) is 61.4 Å². The predicted molar refractivity (Wildman–Crippen MR) is 125 cm³/mol. The Kier molecular flexibility index (Phi) is 7.47. The average molecular weight is 467 g/mol. The Morgan fingerprint density at radius 2 is 1.59 bits per heavy atom. The van der Waals surface area contributed by atoms with Crippen molar-refractivity contribution in [2.75, 3.05) is 13.2 Å². The van der Waals surface area contributed by atoms with Gasteiger partial charge in [0.1, 0.15) is 6.61 Å². The van der Waals surface area contributed by atoms with Crippen molar-refractivity contribution in [2.24, 2.45) is 5.92 Å². The van der Waals surface area contributed by atoms with Crippen molar-refractivity contribution in [3.05, 3.63) is 59.7 Å². The van der Waals surface area contributed by atoms with E-state index in [9.17, 15) is 19.5 Å². The summed E-state index contributed by atoms with van der Waals surface area (Å²) >= 11 is 0. The van der Waals surface area contributed by atoms with Crippen molar-refractivity contribution >= 4 is 18.0 Å². The van der Waals surface area contributed by atoms with E-state index in [0.717, 1.165) is 36.8 Å². The maximum Gasteiger partial charge on any atom is 0.407 e. The fourth-order valence-corrected chi connectivity index (χ4v) is 5.04. The lowest BCUT2D eigenvalue weighted by Crippen LogP contribution is -2.45. The van der Waals surface area contributed by atoms with Crippen molar-refractivity contribution in [1.29, 1.82) is 0 Å². The highest BCUT2D eigenvalue weighted by Gasteiger charge is 2.31. The predicted octanol–water partition coefficient (Wildman–Crippen LogP) is 3.04. The lowest BCUT2D eigenvalue weighted by molar-refractivity contribution is -0.146. The number of carbonyl (C=O) groups is 3. The number of alkyl carbamates (subject to hydrolysis) is 1. The minimum atomic E-state index is -1.63. The zero-order valence-electron chi connectivity index (χ0n) is 18.9. The number of aliphatic carboxylic acids is 1. The highest BCUT2D eigenvalue weighted by Crippen LogP contribution is 2.44. The summed E-state index contributed by atoms with van der Waals surface area (Å²) in [6.07, 6.45) is 1.46. The van der Waals surface area contributed by atoms with Crippen LogP contribution >= 0.6 is 0 Å². The number of benzene rings is 2. The minimum absolute atomic E-state index is 0.0215. The Bertz CT molecular complexity index is 1010. The molecule has 180 valence electrons. The van der Waals surface area contributed by atoms with Crippen LogP contribution in [0.15, 0.2) is 48.5 Å². The van der Waals surface area contributed by atoms with E-state index in [-0.39, 0.29) is 43.4 Å². The molecule has 2 aromatic rings. The topological polar surface area (TPSA) is 125 Å². The van der Waals surface area contributed by atoms with Gasteiger partial charge in [0.15, 0.2) is 6.10 Å². The number of aliphatic hydroxyl groups is 1. The molecule has 3 atom stereocenters. The molecule has 0 saturated heterocycles. The van der Waals surface area contributed by atoms with Gasteiger partial charge >= 0.3 is 12.1 Å². The van der Waals surface area contributed by atoms with Crippen LogP contribution in [-0.2, 0) is 14.3 Å². The van der Waals surface area contributed by atoms with Crippen LogP contribution in [0.3, 0.4) is 0 Å². The van der Waals surface area contributed by atoms with Crippen LogP contribution in [0, 0.1) is 5.92 Å². The third-order valence-electron chi connectivity index (χ3n) is 6.78. The van der Waals surface area contributed by atoms with Crippen molar-refractivity contribution in [2.45, 2.75) is 50.2 Å². The maximum absolute atomic E-state index is 12.7. The molecule has 2 aromatic carbocycles. The van der Waals surface area contributed by atoms with Gasteiger partial charge in [-0.25, -0.2) is 9.59 Å². The molecule has 1 unspecified atom stereocenters. The lowest BCUT2D eigenvalue weighted by atomic mass is 9.82. The number of amides is 2. The summed E-state index contributed by atoms with van der Waals surface area (Å²) in [7, 11) is 0. The number of nitrogens with one attached hydrogen (secondary N) is 2. The molecule has 4 N–H and O–H groups in total. The van der Waals surface area contributed by atoms with Crippen molar-refractivity contribution < 1.29 is 29.3 Å². The molecule has 2 amide bonds. The first kappa shape index (κ1) is 23.8. The molecular weight excluding hydrogens is 436 g/mol. The van der Waals surface area contributed by atoms with Crippen LogP contribution in [0.1, 0.15) is 49.1 Å². The molecule has 1 fully saturated rings. The number of aliphatic hydroxyl groups excluding tert-OH is 1. The Morgan fingerprint density at radius 3 is 2.24 bits per heavy atom. The van der Waals surface area contributed by atoms with Crippen LogP contribution in [0.25, 0.3) is 11.1 Å². The van der Waals surface area contributed by atoms with Crippen LogP contribution in [-0.4, -0.2) is 53.5 Å². The smallest absolute Gasteiger partial charge is 0.407 e. The summed E-state index contributed by atoms with van der Waals surface area (Å²) in [5.41, 5.74) is 4.62. The summed E-state index contributed by atoms with van der Waals surface area (Å²) in [5, 5.41) is 23.5. The van der Waals surface area contributed by atoms with Crippen molar-refractivity contribution in [1.82, 2.24) is 10.6 Å². The fraction of sp³-hybridized carbons (Fsp3) is 0.423. The third kappa shape index (κ3) is 5.39. The van der Waals surface area contributed by atoms with E-state index in [4.69, 9.17) is 9.84 Å². The van der Waals surface area contributed by atoms with Gasteiger partial charge in [-0.15, -0.1) is 0 Å². The maximum atomic E-state index is 12.7. The molecule has 2 aliphatic carbocycles. The van der Waals surface area contributed by atoms with E-state index in [1.807, 2.05) is 24.3 Å². The molecule has 2 aliphatic rings. The monoisotopic (exact) mass is 466 g/mol. The largest absolute Gasteiger partial charge is 0.479 e. The molecule has 0 heterocycles. The summed E-state index contributed by atoms with van der Waals surface area (Å²) in [5.74, 6) is -1.82.